The van der Waals surface area contributed by atoms with Crippen LogP contribution in [0.1, 0.15) is 16.7 Å². The van der Waals surface area contributed by atoms with Crippen LogP contribution in [0, 0.1) is 20.8 Å². The molecule has 3 aromatic rings. The van der Waals surface area contributed by atoms with Gasteiger partial charge in [0.05, 0.1) is 4.90 Å². The third kappa shape index (κ3) is 5.72. The fourth-order valence-electron chi connectivity index (χ4n) is 2.97. The first kappa shape index (κ1) is 22.1. The van der Waals surface area contributed by atoms with Crippen molar-refractivity contribution in [3.05, 3.63) is 82.4 Å². The maximum Gasteiger partial charge on any atom is 0.261 e. The molecule has 0 aliphatic heterocycles. The molecule has 156 valence electrons. The van der Waals surface area contributed by atoms with Crippen LogP contribution in [0.15, 0.2) is 65.6 Å². The normalized spacial score (nSPS) is 11.1. The number of aryl methyl sites for hydroxylation is 3. The highest BCUT2D eigenvalue weighted by molar-refractivity contribution is 7.92. The quantitative estimate of drug-likeness (QED) is 0.416. The number of hydrogen-bond acceptors (Lipinski definition) is 3. The molecule has 0 amide bonds. The summed E-state index contributed by atoms with van der Waals surface area (Å²) in [5.74, 6) is 0. The fraction of sp³-hybridized carbons (Fsp3) is 0.136. The van der Waals surface area contributed by atoms with Crippen LogP contribution < -0.4 is 15.4 Å². The van der Waals surface area contributed by atoms with E-state index >= 15 is 0 Å². The minimum absolute atomic E-state index is 0.125. The number of rotatable bonds is 5. The van der Waals surface area contributed by atoms with Crippen molar-refractivity contribution in [1.29, 1.82) is 0 Å². The number of halogens is 1. The molecule has 0 saturated heterocycles. The zero-order valence-corrected chi connectivity index (χ0v) is 19.2. The molecule has 0 saturated carbocycles. The smallest absolute Gasteiger partial charge is 0.261 e. The Balaban J connectivity index is 1.78. The van der Waals surface area contributed by atoms with E-state index < -0.39 is 10.0 Å². The molecular weight excluding hydrogens is 438 g/mol. The Morgan fingerprint density at radius 2 is 1.47 bits per heavy atom. The predicted octanol–water partition coefficient (Wildman–Crippen LogP) is 5.87. The van der Waals surface area contributed by atoms with Crippen LogP contribution in [0.5, 0.6) is 0 Å². The molecule has 0 aliphatic carbocycles. The van der Waals surface area contributed by atoms with Gasteiger partial charge in [0.15, 0.2) is 5.11 Å². The molecule has 0 unspecified atom stereocenters. The lowest BCUT2D eigenvalue weighted by Gasteiger charge is -2.15. The first-order valence-corrected chi connectivity index (χ1v) is 11.4. The Morgan fingerprint density at radius 1 is 0.833 bits per heavy atom. The average Bonchev–Trinajstić information content (AvgIpc) is 2.64. The van der Waals surface area contributed by atoms with Crippen LogP contribution in [0.25, 0.3) is 0 Å². The molecule has 30 heavy (non-hydrogen) atoms. The van der Waals surface area contributed by atoms with Gasteiger partial charge in [-0.3, -0.25) is 4.72 Å². The maximum atomic E-state index is 12.8. The summed E-state index contributed by atoms with van der Waals surface area (Å²) in [6, 6.07) is 17.4. The van der Waals surface area contributed by atoms with Crippen LogP contribution in [-0.2, 0) is 10.0 Å². The van der Waals surface area contributed by atoms with Gasteiger partial charge in [-0.25, -0.2) is 8.42 Å². The van der Waals surface area contributed by atoms with Crippen LogP contribution in [0.3, 0.4) is 0 Å². The average molecular weight is 460 g/mol. The Morgan fingerprint density at radius 3 is 2.10 bits per heavy atom. The molecule has 0 aromatic heterocycles. The van der Waals surface area contributed by atoms with Crippen LogP contribution in [-0.4, -0.2) is 13.5 Å². The third-order valence-electron chi connectivity index (χ3n) is 4.34. The van der Waals surface area contributed by atoms with Crippen LogP contribution in [0.2, 0.25) is 5.02 Å². The summed E-state index contributed by atoms with van der Waals surface area (Å²) in [6.07, 6.45) is 0. The molecule has 3 N–H and O–H groups in total. The van der Waals surface area contributed by atoms with Crippen molar-refractivity contribution < 1.29 is 8.42 Å². The van der Waals surface area contributed by atoms with Gasteiger partial charge in [-0.1, -0.05) is 23.7 Å². The van der Waals surface area contributed by atoms with Gasteiger partial charge in [-0.15, -0.1) is 0 Å². The number of thiocarbonyl (C=S) groups is 1. The van der Waals surface area contributed by atoms with Crippen molar-refractivity contribution in [3.8, 4) is 0 Å². The SMILES string of the molecule is Cc1cc(C)cc(NC(=S)Nc2cc(S(=O)(=O)Nc3ccc(Cl)cc3)ccc2C)c1. The van der Waals surface area contributed by atoms with Gasteiger partial charge < -0.3 is 10.6 Å². The molecule has 3 aromatic carbocycles. The van der Waals surface area contributed by atoms with Crippen molar-refractivity contribution in [2.45, 2.75) is 25.7 Å². The van der Waals surface area contributed by atoms with Gasteiger partial charge in [-0.05, 0) is 98.2 Å². The zero-order chi connectivity index (χ0) is 21.9. The van der Waals surface area contributed by atoms with Gasteiger partial charge in [0.2, 0.25) is 0 Å². The summed E-state index contributed by atoms with van der Waals surface area (Å²) in [6.45, 7) is 5.91. The molecule has 0 radical (unpaired) electrons. The monoisotopic (exact) mass is 459 g/mol. The first-order chi connectivity index (χ1) is 14.1. The standard InChI is InChI=1S/C22H22ClN3O2S2/c1-14-10-15(2)12-19(11-14)24-22(29)25-21-13-20(9-4-16(21)3)30(27,28)26-18-7-5-17(23)6-8-18/h4-13,26H,1-3H3,(H2,24,25,29). The van der Waals surface area contributed by atoms with Crippen molar-refractivity contribution in [1.82, 2.24) is 0 Å². The number of hydrogen-bond donors (Lipinski definition) is 3. The highest BCUT2D eigenvalue weighted by Crippen LogP contribution is 2.24. The predicted molar refractivity (Wildman–Crippen MR) is 129 cm³/mol. The zero-order valence-electron chi connectivity index (χ0n) is 16.8. The molecule has 0 fully saturated rings. The molecule has 0 heterocycles. The number of anilines is 3. The summed E-state index contributed by atoms with van der Waals surface area (Å²) < 4.78 is 28.1. The van der Waals surface area contributed by atoms with E-state index in [0.717, 1.165) is 22.4 Å². The van der Waals surface area contributed by atoms with E-state index in [1.165, 1.54) is 0 Å². The van der Waals surface area contributed by atoms with Gasteiger partial charge in [0, 0.05) is 22.1 Å². The topological polar surface area (TPSA) is 70.2 Å². The van der Waals surface area contributed by atoms with E-state index in [-0.39, 0.29) is 4.90 Å². The lowest BCUT2D eigenvalue weighted by Crippen LogP contribution is -2.20. The Kier molecular flexibility index (Phi) is 6.65. The number of sulfonamides is 1. The second kappa shape index (κ2) is 9.04. The second-order valence-corrected chi connectivity index (χ2v) is 9.57. The lowest BCUT2D eigenvalue weighted by molar-refractivity contribution is 0.601. The Labute approximate surface area is 187 Å². The summed E-state index contributed by atoms with van der Waals surface area (Å²) in [5.41, 5.74) is 5.02. The molecule has 5 nitrogen and oxygen atoms in total. The first-order valence-electron chi connectivity index (χ1n) is 9.18. The van der Waals surface area contributed by atoms with Gasteiger partial charge >= 0.3 is 0 Å². The Bertz CT molecular complexity index is 1170. The molecular formula is C22H22ClN3O2S2. The highest BCUT2D eigenvalue weighted by Gasteiger charge is 2.16. The molecule has 3 rings (SSSR count). The molecule has 0 bridgehead atoms. The summed E-state index contributed by atoms with van der Waals surface area (Å²) >= 11 is 11.3. The number of benzene rings is 3. The van der Waals surface area contributed by atoms with Crippen molar-refractivity contribution in [2.24, 2.45) is 0 Å². The summed E-state index contributed by atoms with van der Waals surface area (Å²) in [7, 11) is -3.77. The highest BCUT2D eigenvalue weighted by atomic mass is 35.5. The van der Waals surface area contributed by atoms with Gasteiger partial charge in [0.25, 0.3) is 10.0 Å². The lowest BCUT2D eigenvalue weighted by atomic mass is 10.1. The van der Waals surface area contributed by atoms with Crippen LogP contribution in [0.4, 0.5) is 17.1 Å². The molecule has 0 atom stereocenters. The second-order valence-electron chi connectivity index (χ2n) is 7.04. The van der Waals surface area contributed by atoms with E-state index in [0.29, 0.717) is 21.5 Å². The van der Waals surface area contributed by atoms with Gasteiger partial charge in [0.1, 0.15) is 0 Å². The third-order valence-corrected chi connectivity index (χ3v) is 6.18. The summed E-state index contributed by atoms with van der Waals surface area (Å²) in [4.78, 5) is 0.125. The van der Waals surface area contributed by atoms with E-state index in [2.05, 4.69) is 21.4 Å². The Hall–Kier alpha value is -2.61. The van der Waals surface area contributed by atoms with E-state index in [4.69, 9.17) is 23.8 Å². The van der Waals surface area contributed by atoms with Crippen LogP contribution >= 0.6 is 23.8 Å². The van der Waals surface area contributed by atoms with E-state index in [9.17, 15) is 8.42 Å². The van der Waals surface area contributed by atoms with E-state index in [1.807, 2.05) is 32.9 Å². The maximum absolute atomic E-state index is 12.8. The van der Waals surface area contributed by atoms with Gasteiger partial charge in [-0.2, -0.15) is 0 Å². The molecule has 0 aliphatic rings. The van der Waals surface area contributed by atoms with E-state index in [1.54, 1.807) is 42.5 Å². The van der Waals surface area contributed by atoms with Crippen molar-refractivity contribution in [3.63, 3.8) is 0 Å². The minimum Gasteiger partial charge on any atom is -0.332 e. The summed E-state index contributed by atoms with van der Waals surface area (Å²) in [5, 5.41) is 7.15. The van der Waals surface area contributed by atoms with Crippen molar-refractivity contribution >= 4 is 56.0 Å². The molecule has 0 spiro atoms. The largest absolute Gasteiger partial charge is 0.332 e. The molecule has 8 heteroatoms. The minimum atomic E-state index is -3.77. The number of nitrogens with one attached hydrogen (secondary N) is 3. The van der Waals surface area contributed by atoms with Crippen molar-refractivity contribution in [2.75, 3.05) is 15.4 Å². The fourth-order valence-corrected chi connectivity index (χ4v) is 4.40.